The lowest BCUT2D eigenvalue weighted by Gasteiger charge is -2.30. The summed E-state index contributed by atoms with van der Waals surface area (Å²) in [6.45, 7) is 6.90. The van der Waals surface area contributed by atoms with Crippen LogP contribution in [0.15, 0.2) is 24.3 Å². The molecule has 1 saturated heterocycles. The van der Waals surface area contributed by atoms with Crippen molar-refractivity contribution < 1.29 is 4.74 Å². The fourth-order valence-electron chi connectivity index (χ4n) is 2.32. The first-order valence-corrected chi connectivity index (χ1v) is 7.93. The van der Waals surface area contributed by atoms with Crippen molar-refractivity contribution in [1.82, 2.24) is 4.90 Å². The zero-order valence-corrected chi connectivity index (χ0v) is 13.2. The van der Waals surface area contributed by atoms with E-state index in [-0.39, 0.29) is 0 Å². The number of rotatable bonds is 5. The second kappa shape index (κ2) is 7.34. The maximum Gasteiger partial charge on any atom is 0.132 e. The van der Waals surface area contributed by atoms with E-state index < -0.39 is 0 Å². The first kappa shape index (κ1) is 14.1. The Kier molecular flexibility index (Phi) is 5.76. The standard InChI is InChI=1S/C15H22INO/c1-13-7-10-17(11-8-13)9-4-12-18-15-6-3-2-5-14(15)16/h2-3,5-6,13H,4,7-12H2,1H3. The number of nitrogens with zero attached hydrogens (tertiary/aromatic N) is 1. The van der Waals surface area contributed by atoms with Gasteiger partial charge in [-0.15, -0.1) is 0 Å². The molecular weight excluding hydrogens is 337 g/mol. The molecule has 100 valence electrons. The van der Waals surface area contributed by atoms with Crippen molar-refractivity contribution in [2.75, 3.05) is 26.2 Å². The molecule has 0 bridgehead atoms. The van der Waals surface area contributed by atoms with E-state index in [1.165, 1.54) is 36.0 Å². The highest BCUT2D eigenvalue weighted by Gasteiger charge is 2.14. The molecule has 2 rings (SSSR count). The number of piperidine rings is 1. The van der Waals surface area contributed by atoms with E-state index in [0.717, 1.165) is 24.7 Å². The Bertz CT molecular complexity index is 361. The lowest BCUT2D eigenvalue weighted by Crippen LogP contribution is -2.34. The van der Waals surface area contributed by atoms with Crippen LogP contribution in [0.4, 0.5) is 0 Å². The predicted molar refractivity (Wildman–Crippen MR) is 84.1 cm³/mol. The van der Waals surface area contributed by atoms with Crippen molar-refractivity contribution in [3.63, 3.8) is 0 Å². The zero-order valence-electron chi connectivity index (χ0n) is 11.1. The fourth-order valence-corrected chi connectivity index (χ4v) is 2.86. The van der Waals surface area contributed by atoms with Crippen molar-refractivity contribution in [1.29, 1.82) is 0 Å². The maximum atomic E-state index is 5.81. The van der Waals surface area contributed by atoms with Gasteiger partial charge in [0.25, 0.3) is 0 Å². The molecule has 0 aromatic heterocycles. The van der Waals surface area contributed by atoms with Crippen LogP contribution >= 0.6 is 22.6 Å². The Morgan fingerprint density at radius 3 is 2.72 bits per heavy atom. The van der Waals surface area contributed by atoms with Gasteiger partial charge in [0, 0.05) is 6.54 Å². The molecule has 1 aliphatic rings. The fraction of sp³-hybridized carbons (Fsp3) is 0.600. The molecular formula is C15H22INO. The smallest absolute Gasteiger partial charge is 0.132 e. The Hall–Kier alpha value is -0.290. The number of benzene rings is 1. The third kappa shape index (κ3) is 4.43. The van der Waals surface area contributed by atoms with Crippen LogP contribution in [0.1, 0.15) is 26.2 Å². The molecule has 1 aromatic rings. The van der Waals surface area contributed by atoms with E-state index in [9.17, 15) is 0 Å². The monoisotopic (exact) mass is 359 g/mol. The molecule has 1 fully saturated rings. The summed E-state index contributed by atoms with van der Waals surface area (Å²) < 4.78 is 7.01. The Morgan fingerprint density at radius 1 is 1.28 bits per heavy atom. The molecule has 0 amide bonds. The molecule has 0 unspecified atom stereocenters. The summed E-state index contributed by atoms with van der Waals surface area (Å²) in [5.41, 5.74) is 0. The van der Waals surface area contributed by atoms with Crippen LogP contribution < -0.4 is 4.74 Å². The lowest BCUT2D eigenvalue weighted by molar-refractivity contribution is 0.177. The number of hydrogen-bond acceptors (Lipinski definition) is 2. The third-order valence-corrected chi connectivity index (χ3v) is 4.48. The van der Waals surface area contributed by atoms with Crippen molar-refractivity contribution in [3.8, 4) is 5.75 Å². The second-order valence-electron chi connectivity index (χ2n) is 5.16. The second-order valence-corrected chi connectivity index (χ2v) is 6.32. The predicted octanol–water partition coefficient (Wildman–Crippen LogP) is 3.79. The van der Waals surface area contributed by atoms with Crippen molar-refractivity contribution >= 4 is 22.6 Å². The summed E-state index contributed by atoms with van der Waals surface area (Å²) >= 11 is 2.32. The summed E-state index contributed by atoms with van der Waals surface area (Å²) in [7, 11) is 0. The molecule has 0 N–H and O–H groups in total. The Morgan fingerprint density at radius 2 is 2.00 bits per heavy atom. The Labute approximate surface area is 124 Å². The van der Waals surface area contributed by atoms with Crippen molar-refractivity contribution in [2.24, 2.45) is 5.92 Å². The molecule has 18 heavy (non-hydrogen) atoms. The SMILES string of the molecule is CC1CCN(CCCOc2ccccc2I)CC1. The zero-order chi connectivity index (χ0) is 12.8. The molecule has 0 radical (unpaired) electrons. The molecule has 1 heterocycles. The summed E-state index contributed by atoms with van der Waals surface area (Å²) in [6.07, 6.45) is 3.84. The van der Waals surface area contributed by atoms with E-state index in [2.05, 4.69) is 40.5 Å². The van der Waals surface area contributed by atoms with Gasteiger partial charge in [-0.3, -0.25) is 0 Å². The molecule has 2 nitrogen and oxygen atoms in total. The van der Waals surface area contributed by atoms with Crippen molar-refractivity contribution in [2.45, 2.75) is 26.2 Å². The number of halogens is 1. The van der Waals surface area contributed by atoms with Gasteiger partial charge < -0.3 is 9.64 Å². The molecule has 3 heteroatoms. The molecule has 1 aliphatic heterocycles. The molecule has 0 saturated carbocycles. The van der Waals surface area contributed by atoms with Gasteiger partial charge >= 0.3 is 0 Å². The van der Waals surface area contributed by atoms with Gasteiger partial charge in [0.15, 0.2) is 0 Å². The van der Waals surface area contributed by atoms with Crippen LogP contribution in [0, 0.1) is 9.49 Å². The lowest BCUT2D eigenvalue weighted by atomic mass is 9.99. The molecule has 0 aliphatic carbocycles. The van der Waals surface area contributed by atoms with E-state index in [1.807, 2.05) is 18.2 Å². The van der Waals surface area contributed by atoms with Crippen LogP contribution in [-0.4, -0.2) is 31.1 Å². The van der Waals surface area contributed by atoms with Crippen molar-refractivity contribution in [3.05, 3.63) is 27.8 Å². The first-order chi connectivity index (χ1) is 8.75. The summed E-state index contributed by atoms with van der Waals surface area (Å²) in [4.78, 5) is 2.57. The minimum atomic E-state index is 0.825. The first-order valence-electron chi connectivity index (χ1n) is 6.85. The van der Waals surface area contributed by atoms with Crippen LogP contribution in [0.2, 0.25) is 0 Å². The van der Waals surface area contributed by atoms with E-state index in [4.69, 9.17) is 4.74 Å². The normalized spacial score (nSPS) is 17.9. The van der Waals surface area contributed by atoms with E-state index in [0.29, 0.717) is 0 Å². The summed E-state index contributed by atoms with van der Waals surface area (Å²) in [6, 6.07) is 8.21. The highest BCUT2D eigenvalue weighted by Crippen LogP contribution is 2.20. The average molecular weight is 359 g/mol. The van der Waals surface area contributed by atoms with Gasteiger partial charge in [0.2, 0.25) is 0 Å². The van der Waals surface area contributed by atoms with Gasteiger partial charge in [-0.2, -0.15) is 0 Å². The minimum Gasteiger partial charge on any atom is -0.492 e. The maximum absolute atomic E-state index is 5.81. The van der Waals surface area contributed by atoms with Gasteiger partial charge in [-0.1, -0.05) is 19.1 Å². The van der Waals surface area contributed by atoms with Gasteiger partial charge in [-0.25, -0.2) is 0 Å². The highest BCUT2D eigenvalue weighted by atomic mass is 127. The summed E-state index contributed by atoms with van der Waals surface area (Å²) in [5.74, 6) is 1.94. The quantitative estimate of drug-likeness (QED) is 0.586. The average Bonchev–Trinajstić information content (AvgIpc) is 2.39. The number of para-hydroxylation sites is 1. The molecule has 0 spiro atoms. The topological polar surface area (TPSA) is 12.5 Å². The molecule has 0 atom stereocenters. The highest BCUT2D eigenvalue weighted by molar-refractivity contribution is 14.1. The van der Waals surface area contributed by atoms with Crippen LogP contribution in [0.25, 0.3) is 0 Å². The van der Waals surface area contributed by atoms with Gasteiger partial charge in [-0.05, 0) is 73.0 Å². The number of likely N-dealkylation sites (tertiary alicyclic amines) is 1. The van der Waals surface area contributed by atoms with Crippen LogP contribution in [-0.2, 0) is 0 Å². The molecule has 1 aromatic carbocycles. The van der Waals surface area contributed by atoms with Crippen LogP contribution in [0.3, 0.4) is 0 Å². The third-order valence-electron chi connectivity index (χ3n) is 3.59. The Balaban J connectivity index is 1.63. The number of ether oxygens (including phenoxy) is 1. The number of hydrogen-bond donors (Lipinski definition) is 0. The largest absolute Gasteiger partial charge is 0.492 e. The van der Waals surface area contributed by atoms with Gasteiger partial charge in [0.1, 0.15) is 5.75 Å². The van der Waals surface area contributed by atoms with Gasteiger partial charge in [0.05, 0.1) is 10.2 Å². The van der Waals surface area contributed by atoms with E-state index >= 15 is 0 Å². The van der Waals surface area contributed by atoms with Crippen LogP contribution in [0.5, 0.6) is 5.75 Å². The van der Waals surface area contributed by atoms with E-state index in [1.54, 1.807) is 0 Å². The summed E-state index contributed by atoms with van der Waals surface area (Å²) in [5, 5.41) is 0. The minimum absolute atomic E-state index is 0.825.